The molecule has 5 heteroatoms. The van der Waals surface area contributed by atoms with E-state index >= 15 is 0 Å². The monoisotopic (exact) mass is 372 g/mol. The minimum absolute atomic E-state index is 0.00778. The summed E-state index contributed by atoms with van der Waals surface area (Å²) in [6.45, 7) is 2.09. The lowest BCUT2D eigenvalue weighted by atomic mass is 9.92. The van der Waals surface area contributed by atoms with Gasteiger partial charge in [0.15, 0.2) is 5.60 Å². The molecule has 1 heterocycles. The fourth-order valence-electron chi connectivity index (χ4n) is 4.86. The molecule has 2 aliphatic carbocycles. The third kappa shape index (κ3) is 2.64. The van der Waals surface area contributed by atoms with E-state index in [-0.39, 0.29) is 29.6 Å². The van der Waals surface area contributed by atoms with Crippen molar-refractivity contribution in [2.75, 3.05) is 0 Å². The van der Waals surface area contributed by atoms with E-state index in [9.17, 15) is 8.78 Å². The maximum Gasteiger partial charge on any atom is 0.202 e. The van der Waals surface area contributed by atoms with Crippen molar-refractivity contribution >= 4 is 0 Å². The zero-order chi connectivity index (χ0) is 18.6. The molecule has 2 unspecified atom stereocenters. The fraction of sp³-hybridized carbons (Fsp3) is 0.455. The molecule has 0 bridgehead atoms. The lowest BCUT2D eigenvalue weighted by Gasteiger charge is -2.35. The number of rotatable bonds is 3. The Kier molecular flexibility index (Phi) is 3.90. The summed E-state index contributed by atoms with van der Waals surface area (Å²) in [5.41, 5.74) is 1.11. The van der Waals surface area contributed by atoms with Crippen molar-refractivity contribution in [2.24, 2.45) is 5.92 Å². The van der Waals surface area contributed by atoms with Crippen LogP contribution in [0, 0.1) is 17.6 Å². The smallest absolute Gasteiger partial charge is 0.202 e. The van der Waals surface area contributed by atoms with Gasteiger partial charge in [0, 0.05) is 18.8 Å². The minimum Gasteiger partial charge on any atom is -0.340 e. The Hall–Kier alpha value is -1.82. The van der Waals surface area contributed by atoms with Gasteiger partial charge in [0.05, 0.1) is 0 Å². The summed E-state index contributed by atoms with van der Waals surface area (Å²) < 4.78 is 33.2. The topological polar surface area (TPSA) is 27.7 Å². The Bertz CT molecular complexity index is 830. The molecular formula is C22H22F2O3. The SMILES string of the molecule is CC(c1ccc(F)cc1)C1[C@H]2OC3(CCCC3)OO[C@@]12c1ccc(F)cc1. The van der Waals surface area contributed by atoms with E-state index < -0.39 is 11.4 Å². The number of halogens is 2. The molecule has 1 spiro atoms. The van der Waals surface area contributed by atoms with E-state index in [1.165, 1.54) is 24.3 Å². The molecule has 142 valence electrons. The van der Waals surface area contributed by atoms with E-state index in [0.717, 1.165) is 36.8 Å². The third-order valence-corrected chi connectivity index (χ3v) is 6.40. The Morgan fingerprint density at radius 3 is 2.11 bits per heavy atom. The molecule has 3 nitrogen and oxygen atoms in total. The van der Waals surface area contributed by atoms with Crippen LogP contribution in [-0.4, -0.2) is 11.9 Å². The van der Waals surface area contributed by atoms with Gasteiger partial charge < -0.3 is 4.74 Å². The van der Waals surface area contributed by atoms with Gasteiger partial charge in [0.2, 0.25) is 5.79 Å². The molecule has 3 fully saturated rings. The summed E-state index contributed by atoms with van der Waals surface area (Å²) in [5.74, 6) is -1.13. The average Bonchev–Trinajstić information content (AvgIpc) is 3.11. The normalized spacial score (nSPS) is 32.3. The second-order valence-electron chi connectivity index (χ2n) is 7.99. The van der Waals surface area contributed by atoms with Crippen molar-refractivity contribution in [3.63, 3.8) is 0 Å². The zero-order valence-corrected chi connectivity index (χ0v) is 15.2. The summed E-state index contributed by atoms with van der Waals surface area (Å²) in [5, 5.41) is 0. The van der Waals surface area contributed by atoms with Gasteiger partial charge in [-0.2, -0.15) is 0 Å². The van der Waals surface area contributed by atoms with E-state index in [2.05, 4.69) is 6.92 Å². The summed E-state index contributed by atoms with van der Waals surface area (Å²) in [4.78, 5) is 11.9. The van der Waals surface area contributed by atoms with Crippen molar-refractivity contribution in [3.05, 3.63) is 71.3 Å². The maximum absolute atomic E-state index is 13.5. The van der Waals surface area contributed by atoms with Crippen molar-refractivity contribution < 1.29 is 23.3 Å². The first-order valence-electron chi connectivity index (χ1n) is 9.60. The van der Waals surface area contributed by atoms with Crippen molar-refractivity contribution in [3.8, 4) is 0 Å². The van der Waals surface area contributed by atoms with Crippen LogP contribution in [-0.2, 0) is 20.1 Å². The third-order valence-electron chi connectivity index (χ3n) is 6.40. The predicted octanol–water partition coefficient (Wildman–Crippen LogP) is 5.21. The molecule has 27 heavy (non-hydrogen) atoms. The number of hydrogen-bond acceptors (Lipinski definition) is 3. The minimum atomic E-state index is -0.755. The molecule has 3 aliphatic rings. The molecule has 2 saturated carbocycles. The van der Waals surface area contributed by atoms with Crippen LogP contribution in [0.5, 0.6) is 0 Å². The molecule has 0 radical (unpaired) electrons. The number of benzene rings is 2. The summed E-state index contributed by atoms with van der Waals surface area (Å²) in [6.07, 6.45) is 3.58. The Morgan fingerprint density at radius 2 is 1.48 bits per heavy atom. The molecule has 5 rings (SSSR count). The first-order valence-corrected chi connectivity index (χ1v) is 9.60. The summed E-state index contributed by atoms with van der Waals surface area (Å²) in [7, 11) is 0. The van der Waals surface area contributed by atoms with Crippen LogP contribution in [0.1, 0.15) is 49.7 Å². The molecule has 0 amide bonds. The second-order valence-corrected chi connectivity index (χ2v) is 7.99. The van der Waals surface area contributed by atoms with Gasteiger partial charge in [0.25, 0.3) is 0 Å². The lowest BCUT2D eigenvalue weighted by molar-refractivity contribution is -0.491. The van der Waals surface area contributed by atoms with Gasteiger partial charge in [0.1, 0.15) is 17.7 Å². The number of fused-ring (bicyclic) bond motifs is 1. The Morgan fingerprint density at radius 1 is 0.889 bits per heavy atom. The standard InChI is InChI=1S/C22H22F2O3/c1-14(15-4-8-17(23)9-5-15)19-20-22(19,16-6-10-18(24)11-7-16)27-26-21(25-20)12-2-3-13-21/h4-11,14,19-20H,2-3,12-13H2,1H3/t14?,19?,20-,22+/m1/s1. The van der Waals surface area contributed by atoms with Crippen LogP contribution < -0.4 is 0 Å². The molecule has 0 N–H and O–H groups in total. The first kappa shape index (κ1) is 17.3. The highest BCUT2D eigenvalue weighted by atomic mass is 19.1. The molecule has 1 saturated heterocycles. The van der Waals surface area contributed by atoms with Crippen molar-refractivity contribution in [2.45, 2.75) is 56.0 Å². The molecule has 2 aromatic rings. The van der Waals surface area contributed by atoms with Crippen LogP contribution in [0.3, 0.4) is 0 Å². The molecule has 0 aromatic heterocycles. The van der Waals surface area contributed by atoms with Gasteiger partial charge in [-0.1, -0.05) is 31.2 Å². The zero-order valence-electron chi connectivity index (χ0n) is 15.2. The van der Waals surface area contributed by atoms with E-state index in [4.69, 9.17) is 14.5 Å². The van der Waals surface area contributed by atoms with Gasteiger partial charge in [-0.15, -0.1) is 0 Å². The molecule has 4 atom stereocenters. The highest BCUT2D eigenvalue weighted by molar-refractivity contribution is 5.39. The summed E-state index contributed by atoms with van der Waals surface area (Å²) in [6, 6.07) is 12.9. The lowest BCUT2D eigenvalue weighted by Crippen LogP contribution is -2.42. The van der Waals surface area contributed by atoms with Gasteiger partial charge >= 0.3 is 0 Å². The fourth-order valence-corrected chi connectivity index (χ4v) is 4.86. The van der Waals surface area contributed by atoms with E-state index in [1.807, 2.05) is 0 Å². The molecule has 1 aliphatic heterocycles. The first-order chi connectivity index (χ1) is 13.0. The van der Waals surface area contributed by atoms with Crippen molar-refractivity contribution in [1.29, 1.82) is 0 Å². The predicted molar refractivity (Wildman–Crippen MR) is 94.6 cm³/mol. The quantitative estimate of drug-likeness (QED) is 0.692. The Labute approximate surface area is 157 Å². The summed E-state index contributed by atoms with van der Waals surface area (Å²) >= 11 is 0. The van der Waals surface area contributed by atoms with Crippen LogP contribution in [0.15, 0.2) is 48.5 Å². The highest BCUT2D eigenvalue weighted by Gasteiger charge is 2.76. The van der Waals surface area contributed by atoms with Crippen LogP contribution in [0.25, 0.3) is 0 Å². The second kappa shape index (κ2) is 6.09. The van der Waals surface area contributed by atoms with Gasteiger partial charge in [-0.25, -0.2) is 18.6 Å². The van der Waals surface area contributed by atoms with Gasteiger partial charge in [-0.3, -0.25) is 0 Å². The van der Waals surface area contributed by atoms with Crippen LogP contribution in [0.2, 0.25) is 0 Å². The largest absolute Gasteiger partial charge is 0.340 e. The average molecular weight is 372 g/mol. The van der Waals surface area contributed by atoms with E-state index in [0.29, 0.717) is 0 Å². The highest BCUT2D eigenvalue weighted by Crippen LogP contribution is 2.67. The van der Waals surface area contributed by atoms with Gasteiger partial charge in [-0.05, 0) is 54.2 Å². The van der Waals surface area contributed by atoms with E-state index in [1.54, 1.807) is 24.3 Å². The Balaban J connectivity index is 1.50. The van der Waals surface area contributed by atoms with Crippen LogP contribution >= 0.6 is 0 Å². The number of hydrogen-bond donors (Lipinski definition) is 0. The molecule has 2 aromatic carbocycles. The number of ether oxygens (including phenoxy) is 1. The molecular weight excluding hydrogens is 350 g/mol. The van der Waals surface area contributed by atoms with Crippen molar-refractivity contribution in [1.82, 2.24) is 0 Å². The maximum atomic E-state index is 13.5. The van der Waals surface area contributed by atoms with Crippen LogP contribution in [0.4, 0.5) is 8.78 Å².